The molecule has 3 heteroatoms. The van der Waals surface area contributed by atoms with Gasteiger partial charge in [0.15, 0.2) is 10.9 Å². The van der Waals surface area contributed by atoms with Crippen molar-refractivity contribution in [1.82, 2.24) is 0 Å². The lowest BCUT2D eigenvalue weighted by Gasteiger charge is -2.58. The van der Waals surface area contributed by atoms with Crippen LogP contribution in [0.4, 0.5) is 0 Å². The van der Waals surface area contributed by atoms with Gasteiger partial charge >= 0.3 is 0 Å². The molecule has 0 aliphatic heterocycles. The summed E-state index contributed by atoms with van der Waals surface area (Å²) in [6.45, 7) is 6.64. The van der Waals surface area contributed by atoms with Crippen molar-refractivity contribution in [2.24, 2.45) is 28.6 Å². The van der Waals surface area contributed by atoms with Crippen LogP contribution < -0.4 is 0 Å². The third kappa shape index (κ3) is 2.37. The van der Waals surface area contributed by atoms with Crippen LogP contribution in [0.2, 0.25) is 0 Å². The van der Waals surface area contributed by atoms with Crippen molar-refractivity contribution in [3.05, 3.63) is 11.6 Å². The van der Waals surface area contributed by atoms with E-state index in [1.165, 1.54) is 37.7 Å². The fraction of sp³-hybridized carbons (Fsp3) is 0.810. The second kappa shape index (κ2) is 5.72. The molecule has 3 saturated carbocycles. The van der Waals surface area contributed by atoms with Gasteiger partial charge in [0.2, 0.25) is 0 Å². The minimum atomic E-state index is 0.268. The Morgan fingerprint density at radius 2 is 1.88 bits per heavy atom. The first-order valence-corrected chi connectivity index (χ1v) is 10.6. The molecule has 4 rings (SSSR count). The molecule has 0 aromatic rings. The average Bonchev–Trinajstić information content (AvgIpc) is 2.84. The van der Waals surface area contributed by atoms with E-state index in [1.54, 1.807) is 18.7 Å². The number of hydrogen-bond donors (Lipinski definition) is 0. The van der Waals surface area contributed by atoms with Crippen LogP contribution >= 0.6 is 11.8 Å². The number of allylic oxidation sites excluding steroid dienone is 1. The van der Waals surface area contributed by atoms with Gasteiger partial charge in [-0.05, 0) is 79.6 Å². The molecule has 24 heavy (non-hydrogen) atoms. The molecule has 3 fully saturated rings. The largest absolute Gasteiger partial charge is 0.295 e. The molecule has 0 spiro atoms. The number of thioether (sulfide) groups is 1. The maximum atomic E-state index is 11.9. The van der Waals surface area contributed by atoms with Crippen molar-refractivity contribution < 1.29 is 9.59 Å². The quantitative estimate of drug-likeness (QED) is 0.657. The summed E-state index contributed by atoms with van der Waals surface area (Å²) in [5.41, 5.74) is 2.07. The maximum Gasteiger partial charge on any atom is 0.186 e. The SMILES string of the molecule is CC(=O)SC1CCC2C3CCC4=CC(=O)CCC4(C)C3CCC12C. The third-order valence-electron chi connectivity index (χ3n) is 8.18. The molecule has 0 aromatic carbocycles. The molecule has 0 saturated heterocycles. The first-order chi connectivity index (χ1) is 11.3. The monoisotopic (exact) mass is 346 g/mol. The van der Waals surface area contributed by atoms with Crippen molar-refractivity contribution >= 4 is 22.7 Å². The molecular weight excluding hydrogens is 316 g/mol. The molecule has 132 valence electrons. The Hall–Kier alpha value is -0.570. The first kappa shape index (κ1) is 16.9. The summed E-state index contributed by atoms with van der Waals surface area (Å²) in [6, 6.07) is 0. The van der Waals surface area contributed by atoms with Crippen LogP contribution in [0.1, 0.15) is 72.1 Å². The summed E-state index contributed by atoms with van der Waals surface area (Å²) in [6.07, 6.45) is 11.3. The van der Waals surface area contributed by atoms with E-state index in [0.717, 1.165) is 37.0 Å². The molecular formula is C21H30O2S. The van der Waals surface area contributed by atoms with E-state index in [-0.39, 0.29) is 10.5 Å². The normalized spacial score (nSPS) is 47.5. The van der Waals surface area contributed by atoms with Gasteiger partial charge in [-0.25, -0.2) is 0 Å². The molecule has 0 bridgehead atoms. The van der Waals surface area contributed by atoms with Crippen LogP contribution in [0.3, 0.4) is 0 Å². The standard InChI is InChI=1S/C21H30O2S/c1-13(22)24-19-7-6-17-16-5-4-14-12-15(23)8-10-20(14,2)18(16)9-11-21(17,19)3/h12,16-19H,4-11H2,1-3H3. The summed E-state index contributed by atoms with van der Waals surface area (Å²) >= 11 is 1.61. The van der Waals surface area contributed by atoms with Crippen molar-refractivity contribution in [2.75, 3.05) is 0 Å². The first-order valence-electron chi connectivity index (χ1n) is 9.76. The van der Waals surface area contributed by atoms with Crippen molar-refractivity contribution in [3.63, 3.8) is 0 Å². The topological polar surface area (TPSA) is 34.1 Å². The summed E-state index contributed by atoms with van der Waals surface area (Å²) in [7, 11) is 0. The zero-order valence-electron chi connectivity index (χ0n) is 15.3. The van der Waals surface area contributed by atoms with E-state index in [4.69, 9.17) is 0 Å². The molecule has 0 heterocycles. The molecule has 6 atom stereocenters. The minimum Gasteiger partial charge on any atom is -0.295 e. The van der Waals surface area contributed by atoms with Crippen LogP contribution in [0.5, 0.6) is 0 Å². The van der Waals surface area contributed by atoms with Crippen LogP contribution in [0, 0.1) is 28.6 Å². The predicted molar refractivity (Wildman–Crippen MR) is 98.8 cm³/mol. The molecule has 0 N–H and O–H groups in total. The second-order valence-electron chi connectivity index (χ2n) is 9.19. The van der Waals surface area contributed by atoms with Gasteiger partial charge < -0.3 is 0 Å². The summed E-state index contributed by atoms with van der Waals surface area (Å²) < 4.78 is 0. The highest BCUT2D eigenvalue weighted by Crippen LogP contribution is 2.66. The fourth-order valence-electron chi connectivity index (χ4n) is 6.91. The number of ketones is 1. The summed E-state index contributed by atoms with van der Waals surface area (Å²) in [4.78, 5) is 23.6. The van der Waals surface area contributed by atoms with Crippen molar-refractivity contribution in [3.8, 4) is 0 Å². The Kier molecular flexibility index (Phi) is 4.02. The molecule has 0 aromatic heterocycles. The number of hydrogen-bond acceptors (Lipinski definition) is 3. The van der Waals surface area contributed by atoms with Gasteiger partial charge in [-0.15, -0.1) is 0 Å². The Morgan fingerprint density at radius 3 is 2.62 bits per heavy atom. The number of rotatable bonds is 1. The van der Waals surface area contributed by atoms with Gasteiger partial charge in [-0.2, -0.15) is 0 Å². The highest BCUT2D eigenvalue weighted by Gasteiger charge is 2.59. The highest BCUT2D eigenvalue weighted by atomic mass is 32.2. The summed E-state index contributed by atoms with van der Waals surface area (Å²) in [5.74, 6) is 2.69. The van der Waals surface area contributed by atoms with E-state index in [9.17, 15) is 9.59 Å². The van der Waals surface area contributed by atoms with Crippen molar-refractivity contribution in [2.45, 2.75) is 77.4 Å². The molecule has 2 nitrogen and oxygen atoms in total. The lowest BCUT2D eigenvalue weighted by molar-refractivity contribution is -0.117. The fourth-order valence-corrected chi connectivity index (χ4v) is 8.12. The third-order valence-corrected chi connectivity index (χ3v) is 9.57. The van der Waals surface area contributed by atoms with E-state index in [1.807, 2.05) is 6.08 Å². The molecule has 6 unspecified atom stereocenters. The zero-order valence-corrected chi connectivity index (χ0v) is 16.1. The van der Waals surface area contributed by atoms with E-state index < -0.39 is 0 Å². The molecule has 0 radical (unpaired) electrons. The Bertz CT molecular complexity index is 609. The van der Waals surface area contributed by atoms with Gasteiger partial charge in [-0.1, -0.05) is 31.2 Å². The van der Waals surface area contributed by atoms with Gasteiger partial charge in [0.05, 0.1) is 0 Å². The minimum absolute atomic E-state index is 0.268. The van der Waals surface area contributed by atoms with Gasteiger partial charge in [0, 0.05) is 18.6 Å². The molecule has 4 aliphatic rings. The van der Waals surface area contributed by atoms with E-state index in [2.05, 4.69) is 13.8 Å². The van der Waals surface area contributed by atoms with Crippen LogP contribution in [0.25, 0.3) is 0 Å². The van der Waals surface area contributed by atoms with Crippen molar-refractivity contribution in [1.29, 1.82) is 0 Å². The second-order valence-corrected chi connectivity index (χ2v) is 10.6. The smallest absolute Gasteiger partial charge is 0.186 e. The highest BCUT2D eigenvalue weighted by molar-refractivity contribution is 8.14. The lowest BCUT2D eigenvalue weighted by atomic mass is 9.47. The zero-order chi connectivity index (χ0) is 17.1. The van der Waals surface area contributed by atoms with Crippen LogP contribution in [-0.2, 0) is 9.59 Å². The maximum absolute atomic E-state index is 11.9. The molecule has 4 aliphatic carbocycles. The van der Waals surface area contributed by atoms with Crippen LogP contribution in [0.15, 0.2) is 11.6 Å². The predicted octanol–water partition coefficient (Wildman–Crippen LogP) is 5.17. The van der Waals surface area contributed by atoms with Crippen LogP contribution in [-0.4, -0.2) is 16.1 Å². The Balaban J connectivity index is 1.62. The number of carbonyl (C=O) groups excluding carboxylic acids is 2. The lowest BCUT2D eigenvalue weighted by Crippen LogP contribution is -2.50. The van der Waals surface area contributed by atoms with Gasteiger partial charge in [-0.3, -0.25) is 9.59 Å². The number of fused-ring (bicyclic) bond motifs is 5. The average molecular weight is 347 g/mol. The van der Waals surface area contributed by atoms with E-state index in [0.29, 0.717) is 16.4 Å². The number of carbonyl (C=O) groups is 2. The summed E-state index contributed by atoms with van der Waals surface area (Å²) in [5, 5.41) is 0.814. The molecule has 0 amide bonds. The Labute approximate surface area is 150 Å². The Morgan fingerprint density at radius 1 is 1.08 bits per heavy atom. The van der Waals surface area contributed by atoms with Gasteiger partial charge in [0.1, 0.15) is 0 Å². The van der Waals surface area contributed by atoms with E-state index >= 15 is 0 Å². The van der Waals surface area contributed by atoms with Gasteiger partial charge in [0.25, 0.3) is 0 Å².